The third kappa shape index (κ3) is 6.12. The van der Waals surface area contributed by atoms with Crippen LogP contribution < -0.4 is 11.1 Å². The first kappa shape index (κ1) is 20.4. The summed E-state index contributed by atoms with van der Waals surface area (Å²) in [7, 11) is 3.80. The van der Waals surface area contributed by atoms with E-state index in [9.17, 15) is 4.79 Å². The van der Waals surface area contributed by atoms with Crippen molar-refractivity contribution in [2.45, 2.75) is 13.0 Å². The maximum Gasteiger partial charge on any atom is 0.248 e. The van der Waals surface area contributed by atoms with Crippen LogP contribution in [0.15, 0.2) is 46.8 Å². The number of rotatable bonds is 6. The van der Waals surface area contributed by atoms with Crippen molar-refractivity contribution in [3.63, 3.8) is 0 Å². The van der Waals surface area contributed by atoms with Gasteiger partial charge in [-0.1, -0.05) is 18.2 Å². The lowest BCUT2D eigenvalue weighted by Gasteiger charge is -2.22. The Morgan fingerprint density at radius 2 is 2.00 bits per heavy atom. The number of benzene rings is 1. The van der Waals surface area contributed by atoms with Crippen LogP contribution in [0, 0.1) is 0 Å². The monoisotopic (exact) mass is 458 g/mol. The number of aliphatic imine (C=N–C) groups is 1. The third-order valence-corrected chi connectivity index (χ3v) is 4.47. The van der Waals surface area contributed by atoms with Gasteiger partial charge in [0, 0.05) is 37.6 Å². The highest BCUT2D eigenvalue weighted by molar-refractivity contribution is 14.0. The molecule has 1 aromatic heterocycles. The van der Waals surface area contributed by atoms with E-state index in [1.54, 1.807) is 30.5 Å². The summed E-state index contributed by atoms with van der Waals surface area (Å²) in [6.07, 6.45) is 1.00. The summed E-state index contributed by atoms with van der Waals surface area (Å²) in [6, 6.07) is 11.5. The van der Waals surface area contributed by atoms with Gasteiger partial charge in [-0.3, -0.25) is 9.79 Å². The molecule has 2 aromatic rings. The highest BCUT2D eigenvalue weighted by atomic mass is 127. The summed E-state index contributed by atoms with van der Waals surface area (Å²) >= 11 is 1.77. The molecule has 0 saturated heterocycles. The second kappa shape index (κ2) is 10.3. The number of thiophene rings is 1. The van der Waals surface area contributed by atoms with Crippen LogP contribution in [0.4, 0.5) is 0 Å². The van der Waals surface area contributed by atoms with Crippen molar-refractivity contribution in [3.05, 3.63) is 57.8 Å². The first-order valence-corrected chi connectivity index (χ1v) is 8.31. The summed E-state index contributed by atoms with van der Waals surface area (Å²) in [5.74, 6) is 0.439. The number of halogens is 1. The van der Waals surface area contributed by atoms with Crippen LogP contribution in [0.1, 0.15) is 20.8 Å². The van der Waals surface area contributed by atoms with E-state index < -0.39 is 5.91 Å². The predicted octanol–water partition coefficient (Wildman–Crippen LogP) is 2.71. The quantitative estimate of drug-likeness (QED) is 0.398. The number of likely N-dealkylation sites (N-methyl/N-ethyl adjacent to an activating group) is 1. The number of guanidine groups is 1. The molecule has 0 aliphatic rings. The lowest BCUT2D eigenvalue weighted by molar-refractivity contribution is 0.100. The van der Waals surface area contributed by atoms with Crippen molar-refractivity contribution in [2.75, 3.05) is 20.6 Å². The first-order valence-electron chi connectivity index (χ1n) is 7.43. The molecule has 0 spiro atoms. The molecular weight excluding hydrogens is 435 g/mol. The largest absolute Gasteiger partial charge is 0.366 e. The fourth-order valence-corrected chi connectivity index (χ4v) is 2.89. The zero-order valence-corrected chi connectivity index (χ0v) is 17.0. The number of carbonyl (C=O) groups is 1. The summed E-state index contributed by atoms with van der Waals surface area (Å²) in [4.78, 5) is 18.9. The molecule has 7 heteroatoms. The number of nitrogens with two attached hydrogens (primary N) is 1. The Bertz CT molecular complexity index is 656. The predicted molar refractivity (Wildman–Crippen MR) is 111 cm³/mol. The standard InChI is InChI=1S/C17H22N4OS.HI/c1-19-17(21(2)10-9-15-4-3-11-23-15)20-12-13-5-7-14(8-6-13)16(18)22;/h3-8,11H,9-10,12H2,1-2H3,(H2,18,22)(H,19,20);1H. The van der Waals surface area contributed by atoms with Crippen molar-refractivity contribution in [1.29, 1.82) is 0 Å². The van der Waals surface area contributed by atoms with Crippen molar-refractivity contribution in [1.82, 2.24) is 10.2 Å². The van der Waals surface area contributed by atoms with Crippen LogP contribution in [-0.2, 0) is 13.0 Å². The van der Waals surface area contributed by atoms with E-state index in [2.05, 4.69) is 32.7 Å². The number of carbonyl (C=O) groups excluding carboxylic acids is 1. The topological polar surface area (TPSA) is 70.7 Å². The summed E-state index contributed by atoms with van der Waals surface area (Å²) < 4.78 is 0. The second-order valence-corrected chi connectivity index (χ2v) is 6.25. The van der Waals surface area contributed by atoms with Crippen LogP contribution in [0.2, 0.25) is 0 Å². The molecule has 5 nitrogen and oxygen atoms in total. The number of nitrogens with zero attached hydrogens (tertiary/aromatic N) is 2. The second-order valence-electron chi connectivity index (χ2n) is 5.21. The summed E-state index contributed by atoms with van der Waals surface area (Å²) in [5.41, 5.74) is 6.83. The van der Waals surface area contributed by atoms with Gasteiger partial charge in [0.05, 0.1) is 0 Å². The molecule has 0 unspecified atom stereocenters. The van der Waals surface area contributed by atoms with Gasteiger partial charge in [0.1, 0.15) is 0 Å². The van der Waals surface area contributed by atoms with Crippen molar-refractivity contribution in [3.8, 4) is 0 Å². The molecule has 1 amide bonds. The van der Waals surface area contributed by atoms with Crippen LogP contribution in [0.3, 0.4) is 0 Å². The lowest BCUT2D eigenvalue weighted by atomic mass is 10.1. The molecule has 0 bridgehead atoms. The maximum atomic E-state index is 11.1. The summed E-state index contributed by atoms with van der Waals surface area (Å²) in [6.45, 7) is 1.55. The minimum Gasteiger partial charge on any atom is -0.366 e. The Kier molecular flexibility index (Phi) is 8.77. The van der Waals surface area contributed by atoms with Gasteiger partial charge in [-0.2, -0.15) is 0 Å². The van der Waals surface area contributed by atoms with Gasteiger partial charge in [0.15, 0.2) is 5.96 Å². The van der Waals surface area contributed by atoms with Crippen molar-refractivity contribution < 1.29 is 4.79 Å². The highest BCUT2D eigenvalue weighted by Crippen LogP contribution is 2.09. The molecule has 24 heavy (non-hydrogen) atoms. The van der Waals surface area contributed by atoms with E-state index in [0.29, 0.717) is 12.1 Å². The van der Waals surface area contributed by atoms with Crippen LogP contribution >= 0.6 is 35.3 Å². The van der Waals surface area contributed by atoms with Crippen molar-refractivity contribution in [2.24, 2.45) is 10.7 Å². The number of primary amides is 1. The van der Waals surface area contributed by atoms with Gasteiger partial charge in [-0.15, -0.1) is 35.3 Å². The van der Waals surface area contributed by atoms with Gasteiger partial charge in [0.2, 0.25) is 5.91 Å². The minimum atomic E-state index is -0.409. The fourth-order valence-electron chi connectivity index (χ4n) is 2.19. The normalized spacial score (nSPS) is 10.8. The molecule has 2 rings (SSSR count). The van der Waals surface area contributed by atoms with E-state index >= 15 is 0 Å². The molecular formula is C17H23IN4OS. The number of hydrogen-bond acceptors (Lipinski definition) is 3. The molecule has 1 aromatic carbocycles. The molecule has 0 atom stereocenters. The smallest absolute Gasteiger partial charge is 0.248 e. The molecule has 130 valence electrons. The molecule has 0 fully saturated rings. The lowest BCUT2D eigenvalue weighted by Crippen LogP contribution is -2.39. The van der Waals surface area contributed by atoms with E-state index in [1.165, 1.54) is 4.88 Å². The van der Waals surface area contributed by atoms with Gasteiger partial charge < -0.3 is 16.0 Å². The third-order valence-electron chi connectivity index (χ3n) is 3.54. The SMILES string of the molecule is CN=C(NCc1ccc(C(N)=O)cc1)N(C)CCc1cccs1.I. The number of amides is 1. The molecule has 1 heterocycles. The minimum absolute atomic E-state index is 0. The average molecular weight is 458 g/mol. The van der Waals surface area contributed by atoms with Crippen molar-refractivity contribution >= 4 is 47.2 Å². The van der Waals surface area contributed by atoms with E-state index in [4.69, 9.17) is 5.73 Å². The van der Waals surface area contributed by atoms with E-state index in [0.717, 1.165) is 24.5 Å². The van der Waals surface area contributed by atoms with Gasteiger partial charge in [-0.05, 0) is 35.6 Å². The Hall–Kier alpha value is -1.61. The fraction of sp³-hybridized carbons (Fsp3) is 0.294. The molecule has 3 N–H and O–H groups in total. The van der Waals surface area contributed by atoms with Gasteiger partial charge in [0.25, 0.3) is 0 Å². The number of hydrogen-bond donors (Lipinski definition) is 2. The highest BCUT2D eigenvalue weighted by Gasteiger charge is 2.07. The zero-order chi connectivity index (χ0) is 16.7. The maximum absolute atomic E-state index is 11.1. The molecule has 0 radical (unpaired) electrons. The molecule has 0 aliphatic carbocycles. The van der Waals surface area contributed by atoms with Crippen LogP contribution in [0.25, 0.3) is 0 Å². The first-order chi connectivity index (χ1) is 11.1. The van der Waals surface area contributed by atoms with Crippen LogP contribution in [-0.4, -0.2) is 37.4 Å². The molecule has 0 saturated carbocycles. The van der Waals surface area contributed by atoms with E-state index in [1.807, 2.05) is 19.2 Å². The Labute approximate surface area is 164 Å². The van der Waals surface area contributed by atoms with Gasteiger partial charge in [-0.25, -0.2) is 0 Å². The summed E-state index contributed by atoms with van der Waals surface area (Å²) in [5, 5.41) is 5.42. The zero-order valence-electron chi connectivity index (χ0n) is 13.9. The number of nitrogens with one attached hydrogen (secondary N) is 1. The van der Waals surface area contributed by atoms with E-state index in [-0.39, 0.29) is 24.0 Å². The Morgan fingerprint density at radius 1 is 1.29 bits per heavy atom. The van der Waals surface area contributed by atoms with Crippen LogP contribution in [0.5, 0.6) is 0 Å². The Morgan fingerprint density at radius 3 is 2.54 bits per heavy atom. The van der Waals surface area contributed by atoms with Gasteiger partial charge >= 0.3 is 0 Å². The molecule has 0 aliphatic heterocycles. The Balaban J connectivity index is 0.00000288. The average Bonchev–Trinajstić information content (AvgIpc) is 3.07.